The van der Waals surface area contributed by atoms with Gasteiger partial charge in [-0.25, -0.2) is 9.69 Å². The number of methoxy groups -OCH3 is 2. The van der Waals surface area contributed by atoms with Gasteiger partial charge < -0.3 is 9.47 Å². The number of amides is 4. The summed E-state index contributed by atoms with van der Waals surface area (Å²) in [6.07, 6.45) is 0.697. The van der Waals surface area contributed by atoms with Crippen molar-refractivity contribution in [2.75, 3.05) is 27.4 Å². The van der Waals surface area contributed by atoms with Gasteiger partial charge in [-0.1, -0.05) is 36.4 Å². The summed E-state index contributed by atoms with van der Waals surface area (Å²) in [7, 11) is 3.20. The van der Waals surface area contributed by atoms with E-state index in [0.29, 0.717) is 24.5 Å². The van der Waals surface area contributed by atoms with Gasteiger partial charge in [-0.05, 0) is 46.7 Å². The van der Waals surface area contributed by atoms with Crippen molar-refractivity contribution in [2.45, 2.75) is 19.0 Å². The second kappa shape index (κ2) is 9.52. The molecule has 180 valence electrons. The molecular weight excluding hydrogens is 466 g/mol. The largest absolute Gasteiger partial charge is 0.493 e. The molecule has 2 aliphatic rings. The van der Waals surface area contributed by atoms with Crippen LogP contribution in [0, 0.1) is 0 Å². The molecule has 0 spiro atoms. The van der Waals surface area contributed by atoms with E-state index in [1.807, 2.05) is 60.0 Å². The molecule has 0 bridgehead atoms. The summed E-state index contributed by atoms with van der Waals surface area (Å²) in [5.74, 6) is -0.314. The van der Waals surface area contributed by atoms with E-state index in [2.05, 4.69) is 4.90 Å². The van der Waals surface area contributed by atoms with Gasteiger partial charge in [0.25, 0.3) is 0 Å². The Bertz CT molecular complexity index is 1260. The number of fused-ring (bicyclic) bond motifs is 1. The number of thiophene rings is 1. The van der Waals surface area contributed by atoms with Crippen LogP contribution < -0.4 is 9.47 Å². The number of urea groups is 1. The van der Waals surface area contributed by atoms with Crippen molar-refractivity contribution < 1.29 is 23.9 Å². The number of imide groups is 2. The normalized spacial score (nSPS) is 18.2. The van der Waals surface area contributed by atoms with Gasteiger partial charge in [0.05, 0.1) is 33.5 Å². The van der Waals surface area contributed by atoms with Crippen LogP contribution in [0.15, 0.2) is 60.0 Å². The Morgan fingerprint density at radius 1 is 0.914 bits per heavy atom. The summed E-state index contributed by atoms with van der Waals surface area (Å²) in [5, 5.41) is 1.87. The highest BCUT2D eigenvalue weighted by Gasteiger charge is 2.46. The number of ether oxygens (including phenoxy) is 2. The van der Waals surface area contributed by atoms with Crippen molar-refractivity contribution in [3.63, 3.8) is 0 Å². The van der Waals surface area contributed by atoms with Crippen LogP contribution in [0.4, 0.5) is 4.79 Å². The summed E-state index contributed by atoms with van der Waals surface area (Å²) in [5.41, 5.74) is 3.14. The lowest BCUT2D eigenvalue weighted by molar-refractivity contribution is -0.144. The van der Waals surface area contributed by atoms with E-state index in [0.717, 1.165) is 31.4 Å². The third-order valence-electron chi connectivity index (χ3n) is 6.44. The number of nitrogens with zero attached hydrogens (tertiary/aromatic N) is 3. The first kappa shape index (κ1) is 23.1. The molecule has 3 heterocycles. The van der Waals surface area contributed by atoms with Gasteiger partial charge in [0.2, 0.25) is 0 Å². The third-order valence-corrected chi connectivity index (χ3v) is 7.30. The Balaban J connectivity index is 1.48. The summed E-state index contributed by atoms with van der Waals surface area (Å²) in [6.45, 7) is 0.704. The van der Waals surface area contributed by atoms with Gasteiger partial charge in [0, 0.05) is 11.4 Å². The van der Waals surface area contributed by atoms with Crippen molar-refractivity contribution in [3.8, 4) is 11.5 Å². The zero-order valence-electron chi connectivity index (χ0n) is 19.5. The van der Waals surface area contributed by atoms with Crippen LogP contribution in [0.1, 0.15) is 27.6 Å². The highest BCUT2D eigenvalue weighted by atomic mass is 32.1. The smallest absolute Gasteiger partial charge is 0.335 e. The molecule has 1 fully saturated rings. The fourth-order valence-electron chi connectivity index (χ4n) is 4.73. The SMILES string of the molecule is COc1cc2c(cc1OC)[C@H](c1ccccc1)N(CN1C(=O)C(=O)N(Cc3cccs3)C1=O)CC2. The standard InChI is InChI=1S/C26H25N3O5S/c1-33-21-13-18-10-11-27(23(17-7-4-3-5-8-17)20(18)14-22(21)34-2)16-29-25(31)24(30)28(26(29)32)15-19-9-6-12-35-19/h3-9,12-14,23H,10-11,15-16H2,1-2H3/t23-/m0/s1. The van der Waals surface area contributed by atoms with Crippen LogP contribution in [0.2, 0.25) is 0 Å². The Kier molecular flexibility index (Phi) is 6.27. The van der Waals surface area contributed by atoms with Crippen LogP contribution in [0.3, 0.4) is 0 Å². The van der Waals surface area contributed by atoms with Crippen LogP contribution in [0.25, 0.3) is 0 Å². The molecule has 1 atom stereocenters. The first-order chi connectivity index (χ1) is 17.0. The number of rotatable bonds is 7. The molecule has 1 aromatic heterocycles. The van der Waals surface area contributed by atoms with E-state index in [4.69, 9.17) is 9.47 Å². The quantitative estimate of drug-likeness (QED) is 0.371. The van der Waals surface area contributed by atoms with Crippen molar-refractivity contribution in [1.82, 2.24) is 14.7 Å². The third kappa shape index (κ3) is 4.17. The molecule has 5 rings (SSSR count). The molecule has 4 amide bonds. The Morgan fingerprint density at radius 3 is 2.31 bits per heavy atom. The summed E-state index contributed by atoms with van der Waals surface area (Å²) < 4.78 is 11.0. The fourth-order valence-corrected chi connectivity index (χ4v) is 5.42. The predicted molar refractivity (Wildman–Crippen MR) is 130 cm³/mol. The minimum atomic E-state index is -0.795. The lowest BCUT2D eigenvalue weighted by Crippen LogP contribution is -2.46. The van der Waals surface area contributed by atoms with E-state index in [9.17, 15) is 14.4 Å². The maximum absolute atomic E-state index is 13.2. The first-order valence-corrected chi connectivity index (χ1v) is 12.1. The number of benzene rings is 2. The van der Waals surface area contributed by atoms with Gasteiger partial charge in [0.15, 0.2) is 11.5 Å². The van der Waals surface area contributed by atoms with Crippen molar-refractivity contribution in [1.29, 1.82) is 0 Å². The summed E-state index contributed by atoms with van der Waals surface area (Å²) in [6, 6.07) is 16.7. The maximum Gasteiger partial charge on any atom is 0.335 e. The zero-order valence-corrected chi connectivity index (χ0v) is 20.3. The van der Waals surface area contributed by atoms with E-state index in [1.54, 1.807) is 14.2 Å². The van der Waals surface area contributed by atoms with Crippen LogP contribution >= 0.6 is 11.3 Å². The van der Waals surface area contributed by atoms with E-state index < -0.39 is 17.8 Å². The average Bonchev–Trinajstić information content (AvgIpc) is 3.47. The molecule has 0 unspecified atom stereocenters. The molecule has 0 N–H and O–H groups in total. The van der Waals surface area contributed by atoms with Crippen molar-refractivity contribution in [2.24, 2.45) is 0 Å². The topological polar surface area (TPSA) is 79.4 Å². The van der Waals surface area contributed by atoms with E-state index in [-0.39, 0.29) is 19.3 Å². The molecule has 35 heavy (non-hydrogen) atoms. The molecule has 9 heteroatoms. The Hall–Kier alpha value is -3.69. The van der Waals surface area contributed by atoms with Gasteiger partial charge in [0.1, 0.15) is 0 Å². The lowest BCUT2D eigenvalue weighted by atomic mass is 9.88. The first-order valence-electron chi connectivity index (χ1n) is 11.2. The molecule has 2 aliphatic heterocycles. The predicted octanol–water partition coefficient (Wildman–Crippen LogP) is 3.66. The molecule has 0 aliphatic carbocycles. The van der Waals surface area contributed by atoms with Crippen LogP contribution in [0.5, 0.6) is 11.5 Å². The number of hydrogen-bond donors (Lipinski definition) is 0. The number of hydrogen-bond acceptors (Lipinski definition) is 7. The second-order valence-corrected chi connectivity index (χ2v) is 9.44. The van der Waals surface area contributed by atoms with Crippen molar-refractivity contribution in [3.05, 3.63) is 81.5 Å². The second-order valence-electron chi connectivity index (χ2n) is 8.41. The Labute approximate surface area is 207 Å². The van der Waals surface area contributed by atoms with Gasteiger partial charge in [-0.15, -0.1) is 11.3 Å². The molecule has 0 saturated carbocycles. The van der Waals surface area contributed by atoms with Gasteiger partial charge in [-0.3, -0.25) is 19.4 Å². The van der Waals surface area contributed by atoms with Crippen LogP contribution in [-0.2, 0) is 22.6 Å². The summed E-state index contributed by atoms with van der Waals surface area (Å²) in [4.78, 5) is 43.7. The highest BCUT2D eigenvalue weighted by Crippen LogP contribution is 2.41. The molecule has 0 radical (unpaired) electrons. The van der Waals surface area contributed by atoms with Gasteiger partial charge in [-0.2, -0.15) is 0 Å². The minimum Gasteiger partial charge on any atom is -0.493 e. The highest BCUT2D eigenvalue weighted by molar-refractivity contribution is 7.09. The molecule has 2 aromatic carbocycles. The maximum atomic E-state index is 13.2. The Morgan fingerprint density at radius 2 is 1.63 bits per heavy atom. The number of carbonyl (C=O) groups excluding carboxylic acids is 3. The van der Waals surface area contributed by atoms with E-state index >= 15 is 0 Å². The average molecular weight is 492 g/mol. The van der Waals surface area contributed by atoms with Crippen molar-refractivity contribution >= 4 is 29.2 Å². The monoisotopic (exact) mass is 491 g/mol. The summed E-state index contributed by atoms with van der Waals surface area (Å²) >= 11 is 1.44. The fraction of sp³-hybridized carbons (Fsp3) is 0.269. The minimum absolute atomic E-state index is 0.0116. The number of carbonyl (C=O) groups is 3. The molecular formula is C26H25N3O5S. The zero-order chi connectivity index (χ0) is 24.5. The molecule has 1 saturated heterocycles. The molecule has 8 nitrogen and oxygen atoms in total. The van der Waals surface area contributed by atoms with Gasteiger partial charge >= 0.3 is 17.8 Å². The molecule has 3 aromatic rings. The lowest BCUT2D eigenvalue weighted by Gasteiger charge is -2.39. The van der Waals surface area contributed by atoms with Crippen LogP contribution in [-0.4, -0.2) is 60.0 Å². The van der Waals surface area contributed by atoms with E-state index in [1.165, 1.54) is 11.3 Å².